The Kier molecular flexibility index (Phi) is 7.09. The van der Waals surface area contributed by atoms with Gasteiger partial charge >= 0.3 is 0 Å². The molecule has 0 spiro atoms. The second kappa shape index (κ2) is 8.59. The van der Waals surface area contributed by atoms with E-state index in [1.54, 1.807) is 0 Å². The average molecular weight is 278 g/mol. The summed E-state index contributed by atoms with van der Waals surface area (Å²) in [5.41, 5.74) is 6.74. The van der Waals surface area contributed by atoms with Crippen LogP contribution in [0.4, 0.5) is 0 Å². The molecular formula is C16H26N2O2. The molecule has 0 aliphatic heterocycles. The van der Waals surface area contributed by atoms with Crippen LogP contribution in [0.15, 0.2) is 24.3 Å². The van der Waals surface area contributed by atoms with E-state index in [2.05, 4.69) is 5.32 Å². The van der Waals surface area contributed by atoms with Crippen LogP contribution in [-0.2, 0) is 4.79 Å². The predicted molar refractivity (Wildman–Crippen MR) is 81.7 cm³/mol. The van der Waals surface area contributed by atoms with Crippen molar-refractivity contribution in [2.45, 2.75) is 52.1 Å². The summed E-state index contributed by atoms with van der Waals surface area (Å²) >= 11 is 0. The van der Waals surface area contributed by atoms with Crippen LogP contribution in [0.5, 0.6) is 5.75 Å². The van der Waals surface area contributed by atoms with Crippen LogP contribution >= 0.6 is 0 Å². The van der Waals surface area contributed by atoms with Crippen molar-refractivity contribution < 1.29 is 9.53 Å². The summed E-state index contributed by atoms with van der Waals surface area (Å²) in [6.45, 7) is 6.56. The number of carbonyl (C=O) groups is 1. The van der Waals surface area contributed by atoms with Crippen LogP contribution in [0.25, 0.3) is 0 Å². The van der Waals surface area contributed by atoms with Gasteiger partial charge in [-0.2, -0.15) is 0 Å². The van der Waals surface area contributed by atoms with Gasteiger partial charge in [0.25, 0.3) is 0 Å². The first-order valence-corrected chi connectivity index (χ1v) is 7.30. The third-order valence-corrected chi connectivity index (χ3v) is 3.13. The number of hydrogen-bond acceptors (Lipinski definition) is 3. The van der Waals surface area contributed by atoms with Gasteiger partial charge in [-0.05, 0) is 51.3 Å². The van der Waals surface area contributed by atoms with Crippen LogP contribution in [0.3, 0.4) is 0 Å². The molecule has 1 rings (SSSR count). The highest BCUT2D eigenvalue weighted by Gasteiger charge is 2.09. The number of benzene rings is 1. The van der Waals surface area contributed by atoms with Gasteiger partial charge < -0.3 is 15.8 Å². The molecule has 0 aromatic heterocycles. The summed E-state index contributed by atoms with van der Waals surface area (Å²) in [4.78, 5) is 11.8. The van der Waals surface area contributed by atoms with E-state index in [1.807, 2.05) is 45.0 Å². The van der Waals surface area contributed by atoms with Gasteiger partial charge in [-0.3, -0.25) is 4.79 Å². The average Bonchev–Trinajstić information content (AvgIpc) is 2.39. The highest BCUT2D eigenvalue weighted by molar-refractivity contribution is 5.76. The fourth-order valence-corrected chi connectivity index (χ4v) is 2.00. The van der Waals surface area contributed by atoms with Crippen molar-refractivity contribution in [3.05, 3.63) is 29.8 Å². The lowest BCUT2D eigenvalue weighted by molar-refractivity contribution is -0.121. The van der Waals surface area contributed by atoms with Crippen molar-refractivity contribution in [1.82, 2.24) is 5.32 Å². The zero-order chi connectivity index (χ0) is 15.0. The Bertz CT molecular complexity index is 401. The minimum absolute atomic E-state index is 0.00785. The SMILES string of the molecule is CCOc1ccc(C(C)NC(=O)CCCC(C)N)cc1. The molecule has 3 N–H and O–H groups in total. The van der Waals surface area contributed by atoms with Crippen LogP contribution in [-0.4, -0.2) is 18.6 Å². The fraction of sp³-hybridized carbons (Fsp3) is 0.562. The zero-order valence-electron chi connectivity index (χ0n) is 12.7. The van der Waals surface area contributed by atoms with E-state index in [-0.39, 0.29) is 18.0 Å². The van der Waals surface area contributed by atoms with Crippen LogP contribution in [0, 0.1) is 0 Å². The van der Waals surface area contributed by atoms with Gasteiger partial charge in [-0.15, -0.1) is 0 Å². The molecule has 4 heteroatoms. The zero-order valence-corrected chi connectivity index (χ0v) is 12.7. The molecule has 0 aliphatic rings. The standard InChI is InChI=1S/C16H26N2O2/c1-4-20-15-10-8-14(9-11-15)13(3)18-16(19)7-5-6-12(2)17/h8-13H,4-7,17H2,1-3H3,(H,18,19). The maximum atomic E-state index is 11.8. The molecule has 1 amide bonds. The van der Waals surface area contributed by atoms with E-state index < -0.39 is 0 Å². The van der Waals surface area contributed by atoms with Crippen molar-refractivity contribution in [2.75, 3.05) is 6.61 Å². The van der Waals surface area contributed by atoms with Gasteiger partial charge in [0.2, 0.25) is 5.91 Å². The molecule has 2 atom stereocenters. The smallest absolute Gasteiger partial charge is 0.220 e. The summed E-state index contributed by atoms with van der Waals surface area (Å²) in [7, 11) is 0. The minimum Gasteiger partial charge on any atom is -0.494 e. The molecule has 0 radical (unpaired) electrons. The van der Waals surface area contributed by atoms with Crippen LogP contribution in [0.1, 0.15) is 51.6 Å². The number of carbonyl (C=O) groups excluding carboxylic acids is 1. The topological polar surface area (TPSA) is 64.3 Å². The van der Waals surface area contributed by atoms with E-state index in [4.69, 9.17) is 10.5 Å². The van der Waals surface area contributed by atoms with E-state index in [0.29, 0.717) is 13.0 Å². The van der Waals surface area contributed by atoms with Crippen molar-refractivity contribution >= 4 is 5.91 Å². The fourth-order valence-electron chi connectivity index (χ4n) is 2.00. The molecule has 20 heavy (non-hydrogen) atoms. The Morgan fingerprint density at radius 1 is 1.30 bits per heavy atom. The number of rotatable bonds is 8. The van der Waals surface area contributed by atoms with Crippen molar-refractivity contribution in [3.8, 4) is 5.75 Å². The summed E-state index contributed by atoms with van der Waals surface area (Å²) in [6.07, 6.45) is 2.24. The van der Waals surface area contributed by atoms with Gasteiger partial charge in [0.15, 0.2) is 0 Å². The molecule has 112 valence electrons. The molecule has 0 aliphatic carbocycles. The first-order valence-electron chi connectivity index (χ1n) is 7.30. The Labute approximate surface area is 121 Å². The second-order valence-corrected chi connectivity index (χ2v) is 5.16. The molecule has 0 fully saturated rings. The molecule has 0 heterocycles. The molecule has 0 saturated heterocycles. The van der Waals surface area contributed by atoms with Gasteiger partial charge in [-0.1, -0.05) is 12.1 Å². The Balaban J connectivity index is 2.41. The third kappa shape index (κ3) is 6.06. The normalized spacial score (nSPS) is 13.6. The largest absolute Gasteiger partial charge is 0.494 e. The van der Waals surface area contributed by atoms with Crippen molar-refractivity contribution in [1.29, 1.82) is 0 Å². The lowest BCUT2D eigenvalue weighted by atomic mass is 10.1. The highest BCUT2D eigenvalue weighted by atomic mass is 16.5. The Hall–Kier alpha value is -1.55. The third-order valence-electron chi connectivity index (χ3n) is 3.13. The maximum absolute atomic E-state index is 11.8. The lowest BCUT2D eigenvalue weighted by Gasteiger charge is -2.15. The van der Waals surface area contributed by atoms with Gasteiger partial charge in [0.1, 0.15) is 5.75 Å². The highest BCUT2D eigenvalue weighted by Crippen LogP contribution is 2.17. The van der Waals surface area contributed by atoms with E-state index >= 15 is 0 Å². The van der Waals surface area contributed by atoms with E-state index in [1.165, 1.54) is 0 Å². The molecule has 2 unspecified atom stereocenters. The van der Waals surface area contributed by atoms with Gasteiger partial charge in [0.05, 0.1) is 12.6 Å². The summed E-state index contributed by atoms with van der Waals surface area (Å²) in [5, 5.41) is 3.00. The van der Waals surface area contributed by atoms with Gasteiger partial charge in [-0.25, -0.2) is 0 Å². The Morgan fingerprint density at radius 2 is 1.95 bits per heavy atom. The van der Waals surface area contributed by atoms with Crippen LogP contribution < -0.4 is 15.8 Å². The molecule has 1 aromatic carbocycles. The molecular weight excluding hydrogens is 252 g/mol. The maximum Gasteiger partial charge on any atom is 0.220 e. The number of hydrogen-bond donors (Lipinski definition) is 2. The second-order valence-electron chi connectivity index (χ2n) is 5.16. The number of ether oxygens (including phenoxy) is 1. The first kappa shape index (κ1) is 16.5. The Morgan fingerprint density at radius 3 is 2.50 bits per heavy atom. The first-order chi connectivity index (χ1) is 9.52. The van der Waals surface area contributed by atoms with E-state index in [0.717, 1.165) is 24.2 Å². The molecule has 0 saturated carbocycles. The molecule has 0 bridgehead atoms. The summed E-state index contributed by atoms with van der Waals surface area (Å²) in [5.74, 6) is 0.929. The van der Waals surface area contributed by atoms with E-state index in [9.17, 15) is 4.79 Å². The summed E-state index contributed by atoms with van der Waals surface area (Å²) in [6, 6.07) is 7.99. The molecule has 4 nitrogen and oxygen atoms in total. The van der Waals surface area contributed by atoms with Crippen molar-refractivity contribution in [2.24, 2.45) is 5.73 Å². The quantitative estimate of drug-likeness (QED) is 0.768. The minimum atomic E-state index is 0.00785. The number of nitrogens with two attached hydrogens (primary N) is 1. The predicted octanol–water partition coefficient (Wildman–Crippen LogP) is 2.78. The molecule has 1 aromatic rings. The van der Waals surface area contributed by atoms with Crippen molar-refractivity contribution in [3.63, 3.8) is 0 Å². The monoisotopic (exact) mass is 278 g/mol. The number of amides is 1. The van der Waals surface area contributed by atoms with Crippen LogP contribution in [0.2, 0.25) is 0 Å². The summed E-state index contributed by atoms with van der Waals surface area (Å²) < 4.78 is 5.40. The van der Waals surface area contributed by atoms with Gasteiger partial charge in [0, 0.05) is 12.5 Å². The number of nitrogens with one attached hydrogen (secondary N) is 1. The lowest BCUT2D eigenvalue weighted by Crippen LogP contribution is -2.26.